The van der Waals surface area contributed by atoms with Crippen LogP contribution in [0.1, 0.15) is 0 Å². The Morgan fingerprint density at radius 1 is 1.11 bits per heavy atom. The summed E-state index contributed by atoms with van der Waals surface area (Å²) in [5, 5.41) is 10.2. The molecule has 0 fully saturated rings. The predicted molar refractivity (Wildman–Crippen MR) is 75.5 cm³/mol. The normalized spacial score (nSPS) is 10.6. The summed E-state index contributed by atoms with van der Waals surface area (Å²) in [5.41, 5.74) is 6.23. The number of benzene rings is 2. The third-order valence-corrected chi connectivity index (χ3v) is 2.99. The highest BCUT2D eigenvalue weighted by Crippen LogP contribution is 2.32. The molecule has 0 radical (unpaired) electrons. The van der Waals surface area contributed by atoms with E-state index in [0.29, 0.717) is 22.3 Å². The highest BCUT2D eigenvalue weighted by atomic mass is 35.5. The van der Waals surface area contributed by atoms with Crippen LogP contribution in [0.15, 0.2) is 48.7 Å². The van der Waals surface area contributed by atoms with Gasteiger partial charge in [-0.1, -0.05) is 29.8 Å². The van der Waals surface area contributed by atoms with Crippen molar-refractivity contribution in [2.75, 3.05) is 5.73 Å². The molecule has 0 spiro atoms. The van der Waals surface area contributed by atoms with Crippen molar-refractivity contribution in [1.82, 2.24) is 10.2 Å². The van der Waals surface area contributed by atoms with Crippen LogP contribution in [-0.4, -0.2) is 10.2 Å². The smallest absolute Gasteiger partial charge is 0.246 e. The number of nitrogens with two attached hydrogens (primary N) is 1. The number of rotatable bonds is 2. The molecule has 0 amide bonds. The van der Waals surface area contributed by atoms with Gasteiger partial charge in [0.15, 0.2) is 0 Å². The SMILES string of the molecule is Nc1ccc(Oc2nncc3ccccc23)c(Cl)c1. The number of fused-ring (bicyclic) bond motifs is 1. The van der Waals surface area contributed by atoms with Crippen molar-refractivity contribution >= 4 is 28.1 Å². The molecule has 0 aliphatic rings. The van der Waals surface area contributed by atoms with E-state index >= 15 is 0 Å². The Bertz CT molecular complexity index is 740. The van der Waals surface area contributed by atoms with E-state index in [4.69, 9.17) is 22.1 Å². The fraction of sp³-hybridized carbons (Fsp3) is 0. The quantitative estimate of drug-likeness (QED) is 0.723. The molecule has 0 saturated heterocycles. The number of halogens is 1. The molecular weight excluding hydrogens is 262 g/mol. The topological polar surface area (TPSA) is 61.0 Å². The number of aromatic nitrogens is 2. The second-order valence-corrected chi connectivity index (χ2v) is 4.44. The number of nitrogens with zero attached hydrogens (tertiary/aromatic N) is 2. The van der Waals surface area contributed by atoms with Gasteiger partial charge in [-0.2, -0.15) is 5.10 Å². The lowest BCUT2D eigenvalue weighted by Gasteiger charge is -2.08. The molecule has 3 rings (SSSR count). The van der Waals surface area contributed by atoms with Crippen molar-refractivity contribution in [3.63, 3.8) is 0 Å². The summed E-state index contributed by atoms with van der Waals surface area (Å²) < 4.78 is 5.72. The van der Waals surface area contributed by atoms with E-state index < -0.39 is 0 Å². The molecule has 0 atom stereocenters. The zero-order valence-electron chi connectivity index (χ0n) is 9.88. The fourth-order valence-corrected chi connectivity index (χ4v) is 2.01. The maximum absolute atomic E-state index is 6.08. The molecule has 4 nitrogen and oxygen atoms in total. The summed E-state index contributed by atoms with van der Waals surface area (Å²) in [7, 11) is 0. The van der Waals surface area contributed by atoms with E-state index in [0.717, 1.165) is 10.8 Å². The first-order chi connectivity index (χ1) is 9.24. The lowest BCUT2D eigenvalue weighted by Crippen LogP contribution is -1.93. The van der Waals surface area contributed by atoms with E-state index in [1.165, 1.54) is 0 Å². The van der Waals surface area contributed by atoms with E-state index in [1.807, 2.05) is 24.3 Å². The summed E-state index contributed by atoms with van der Waals surface area (Å²) in [6, 6.07) is 12.8. The van der Waals surface area contributed by atoms with Gasteiger partial charge in [0, 0.05) is 16.5 Å². The van der Waals surface area contributed by atoms with Crippen molar-refractivity contribution in [1.29, 1.82) is 0 Å². The molecule has 19 heavy (non-hydrogen) atoms. The molecule has 2 N–H and O–H groups in total. The van der Waals surface area contributed by atoms with E-state index in [9.17, 15) is 0 Å². The number of hydrogen-bond acceptors (Lipinski definition) is 4. The molecule has 3 aromatic rings. The molecular formula is C14H10ClN3O. The van der Waals surface area contributed by atoms with Gasteiger partial charge in [0.2, 0.25) is 5.88 Å². The average molecular weight is 272 g/mol. The Morgan fingerprint density at radius 2 is 1.95 bits per heavy atom. The highest BCUT2D eigenvalue weighted by Gasteiger charge is 2.08. The lowest BCUT2D eigenvalue weighted by molar-refractivity contribution is 0.462. The number of nitrogen functional groups attached to an aromatic ring is 1. The maximum Gasteiger partial charge on any atom is 0.246 e. The molecule has 0 aliphatic heterocycles. The van der Waals surface area contributed by atoms with Crippen LogP contribution in [0.25, 0.3) is 10.8 Å². The van der Waals surface area contributed by atoms with Gasteiger partial charge in [-0.15, -0.1) is 5.10 Å². The van der Waals surface area contributed by atoms with Crippen LogP contribution in [0, 0.1) is 0 Å². The fourth-order valence-electron chi connectivity index (χ4n) is 1.78. The van der Waals surface area contributed by atoms with Crippen molar-refractivity contribution < 1.29 is 4.74 Å². The molecule has 0 aliphatic carbocycles. The second kappa shape index (κ2) is 4.74. The lowest BCUT2D eigenvalue weighted by atomic mass is 10.2. The second-order valence-electron chi connectivity index (χ2n) is 4.03. The minimum absolute atomic E-state index is 0.421. The van der Waals surface area contributed by atoms with Gasteiger partial charge < -0.3 is 10.5 Å². The zero-order valence-corrected chi connectivity index (χ0v) is 10.6. The Kier molecular flexibility index (Phi) is 2.93. The minimum Gasteiger partial charge on any atom is -0.435 e. The predicted octanol–water partition coefficient (Wildman–Crippen LogP) is 3.66. The van der Waals surface area contributed by atoms with Crippen LogP contribution in [0.4, 0.5) is 5.69 Å². The third-order valence-electron chi connectivity index (χ3n) is 2.70. The van der Waals surface area contributed by atoms with Gasteiger partial charge in [-0.3, -0.25) is 0 Å². The van der Waals surface area contributed by atoms with Crippen LogP contribution in [0.2, 0.25) is 5.02 Å². The number of hydrogen-bond donors (Lipinski definition) is 1. The van der Waals surface area contributed by atoms with Crippen LogP contribution < -0.4 is 10.5 Å². The first-order valence-electron chi connectivity index (χ1n) is 5.67. The minimum atomic E-state index is 0.421. The summed E-state index contributed by atoms with van der Waals surface area (Å²) in [4.78, 5) is 0. The van der Waals surface area contributed by atoms with Crippen molar-refractivity contribution in [3.8, 4) is 11.6 Å². The van der Waals surface area contributed by atoms with E-state index in [-0.39, 0.29) is 0 Å². The molecule has 2 aromatic carbocycles. The molecule has 1 aromatic heterocycles. The number of ether oxygens (including phenoxy) is 1. The Hall–Kier alpha value is -2.33. The van der Waals surface area contributed by atoms with Crippen LogP contribution in [0.3, 0.4) is 0 Å². The van der Waals surface area contributed by atoms with Gasteiger partial charge in [0.25, 0.3) is 0 Å². The Morgan fingerprint density at radius 3 is 2.79 bits per heavy atom. The van der Waals surface area contributed by atoms with Gasteiger partial charge in [-0.25, -0.2) is 0 Å². The van der Waals surface area contributed by atoms with Gasteiger partial charge in [-0.05, 0) is 24.3 Å². The van der Waals surface area contributed by atoms with Crippen LogP contribution in [-0.2, 0) is 0 Å². The molecule has 0 unspecified atom stereocenters. The van der Waals surface area contributed by atoms with Gasteiger partial charge in [0.05, 0.1) is 11.2 Å². The first-order valence-corrected chi connectivity index (χ1v) is 6.05. The van der Waals surface area contributed by atoms with E-state index in [2.05, 4.69) is 10.2 Å². The molecule has 0 bridgehead atoms. The number of anilines is 1. The summed E-state index contributed by atoms with van der Waals surface area (Å²) in [6.07, 6.45) is 1.69. The zero-order chi connectivity index (χ0) is 13.2. The van der Waals surface area contributed by atoms with Crippen LogP contribution >= 0.6 is 11.6 Å². The molecule has 1 heterocycles. The van der Waals surface area contributed by atoms with Crippen LogP contribution in [0.5, 0.6) is 11.6 Å². The largest absolute Gasteiger partial charge is 0.435 e. The van der Waals surface area contributed by atoms with Gasteiger partial charge >= 0.3 is 0 Å². The standard InChI is InChI=1S/C14H10ClN3O/c15-12-7-10(16)5-6-13(12)19-14-11-4-2-1-3-9(11)8-17-18-14/h1-8H,16H2. The first kappa shape index (κ1) is 11.7. The summed E-state index contributed by atoms with van der Waals surface area (Å²) >= 11 is 6.08. The Balaban J connectivity index is 2.06. The summed E-state index contributed by atoms with van der Waals surface area (Å²) in [5.74, 6) is 0.922. The van der Waals surface area contributed by atoms with E-state index in [1.54, 1.807) is 24.4 Å². The highest BCUT2D eigenvalue weighted by molar-refractivity contribution is 6.32. The van der Waals surface area contributed by atoms with Crippen molar-refractivity contribution in [2.24, 2.45) is 0 Å². The molecule has 5 heteroatoms. The maximum atomic E-state index is 6.08. The van der Waals surface area contributed by atoms with Crippen molar-refractivity contribution in [3.05, 3.63) is 53.7 Å². The summed E-state index contributed by atoms with van der Waals surface area (Å²) in [6.45, 7) is 0. The van der Waals surface area contributed by atoms with Crippen molar-refractivity contribution in [2.45, 2.75) is 0 Å². The van der Waals surface area contributed by atoms with Gasteiger partial charge in [0.1, 0.15) is 5.75 Å². The average Bonchev–Trinajstić information content (AvgIpc) is 2.42. The monoisotopic (exact) mass is 271 g/mol. The molecule has 0 saturated carbocycles. The Labute approximate surface area is 114 Å². The molecule has 94 valence electrons. The third kappa shape index (κ3) is 2.30.